The van der Waals surface area contributed by atoms with Crippen LogP contribution in [0.5, 0.6) is 0 Å². The van der Waals surface area contributed by atoms with E-state index in [9.17, 15) is 4.79 Å². The van der Waals surface area contributed by atoms with Crippen LogP contribution in [0.15, 0.2) is 24.3 Å². The molecule has 0 saturated heterocycles. The molecule has 1 aliphatic heterocycles. The van der Waals surface area contributed by atoms with Gasteiger partial charge in [0.05, 0.1) is 0 Å². The summed E-state index contributed by atoms with van der Waals surface area (Å²) in [7, 11) is 0. The molecule has 2 unspecified atom stereocenters. The lowest BCUT2D eigenvalue weighted by Crippen LogP contribution is -3.00. The number of ketones is 1. The third-order valence-corrected chi connectivity index (χ3v) is 3.92. The van der Waals surface area contributed by atoms with Crippen molar-refractivity contribution in [2.45, 2.75) is 32.7 Å². The Balaban J connectivity index is 0.00000133. The average Bonchev–Trinajstić information content (AvgIpc) is 2.46. The molecule has 0 bridgehead atoms. The van der Waals surface area contributed by atoms with E-state index in [0.29, 0.717) is 12.2 Å². The zero-order chi connectivity index (χ0) is 12.8. The molecule has 2 N–H and O–H groups in total. The average molecular weight is 279 g/mol. The van der Waals surface area contributed by atoms with E-state index in [0.717, 1.165) is 17.8 Å². The molecular weight excluding hydrogens is 260 g/mol. The maximum absolute atomic E-state index is 12.2. The lowest BCUT2D eigenvalue weighted by molar-refractivity contribution is -0.348. The van der Waals surface area contributed by atoms with Crippen LogP contribution in [0.4, 0.5) is 11.4 Å². The Hall–Kier alpha value is -1.35. The maximum Gasteiger partial charge on any atom is 0.226 e. The fraction of sp³-hybridized carbons (Fsp3) is 0.467. The van der Waals surface area contributed by atoms with E-state index in [1.165, 1.54) is 0 Å². The van der Waals surface area contributed by atoms with Gasteiger partial charge in [-0.2, -0.15) is 0 Å². The second kappa shape index (κ2) is 4.97. The standard InChI is InChI=1S/C15H18N2O.ClH/c1-15(2)7-13-10(14(18)8-15)9-16-11-5-3-4-6-12(11)17-13;/h3-6,9-10,13,17H,7-8H2,1-2H3;1H. The van der Waals surface area contributed by atoms with Crippen molar-refractivity contribution in [2.24, 2.45) is 11.3 Å². The summed E-state index contributed by atoms with van der Waals surface area (Å²) < 4.78 is 0. The lowest BCUT2D eigenvalue weighted by Gasteiger charge is -2.37. The van der Waals surface area contributed by atoms with Gasteiger partial charge in [0.2, 0.25) is 5.69 Å². The van der Waals surface area contributed by atoms with Crippen molar-refractivity contribution in [3.8, 4) is 0 Å². The highest BCUT2D eigenvalue weighted by molar-refractivity contribution is 5.96. The van der Waals surface area contributed by atoms with Crippen molar-refractivity contribution in [3.63, 3.8) is 0 Å². The predicted molar refractivity (Wildman–Crippen MR) is 72.1 cm³/mol. The van der Waals surface area contributed by atoms with E-state index in [1.54, 1.807) is 0 Å². The Kier molecular flexibility index (Phi) is 3.68. The van der Waals surface area contributed by atoms with Gasteiger partial charge in [-0.1, -0.05) is 26.0 Å². The van der Waals surface area contributed by atoms with Crippen LogP contribution in [-0.2, 0) is 4.79 Å². The van der Waals surface area contributed by atoms with Gasteiger partial charge in [-0.05, 0) is 17.9 Å². The topological polar surface area (TPSA) is 43.1 Å². The Morgan fingerprint density at radius 2 is 2.05 bits per heavy atom. The first-order valence-electron chi connectivity index (χ1n) is 6.53. The van der Waals surface area contributed by atoms with Crippen LogP contribution < -0.4 is 22.7 Å². The van der Waals surface area contributed by atoms with Crippen molar-refractivity contribution in [1.29, 1.82) is 0 Å². The Labute approximate surface area is 119 Å². The number of rotatable bonds is 0. The second-order valence-corrected chi connectivity index (χ2v) is 6.14. The van der Waals surface area contributed by atoms with Crippen molar-refractivity contribution >= 4 is 23.4 Å². The van der Waals surface area contributed by atoms with E-state index >= 15 is 0 Å². The molecular formula is C15H19ClN2O. The quantitative estimate of drug-likeness (QED) is 0.593. The van der Waals surface area contributed by atoms with E-state index in [2.05, 4.69) is 30.2 Å². The lowest BCUT2D eigenvalue weighted by atomic mass is 9.70. The van der Waals surface area contributed by atoms with Crippen molar-refractivity contribution < 1.29 is 22.2 Å². The number of Topliss-reactive ketones (excluding diaryl/α,β-unsaturated/α-hetero) is 1. The molecule has 0 radical (unpaired) electrons. The van der Waals surface area contributed by atoms with Crippen molar-refractivity contribution in [2.75, 3.05) is 5.32 Å². The fourth-order valence-electron chi connectivity index (χ4n) is 3.07. The number of anilines is 1. The van der Waals surface area contributed by atoms with Crippen LogP contribution in [0.25, 0.3) is 0 Å². The summed E-state index contributed by atoms with van der Waals surface area (Å²) in [4.78, 5) is 15.5. The van der Waals surface area contributed by atoms with Crippen LogP contribution in [0.2, 0.25) is 0 Å². The summed E-state index contributed by atoms with van der Waals surface area (Å²) in [6.07, 6.45) is 3.65. The van der Waals surface area contributed by atoms with Gasteiger partial charge in [-0.15, -0.1) is 0 Å². The molecule has 2 aliphatic rings. The molecule has 2 atom stereocenters. The normalized spacial score (nSPS) is 27.4. The van der Waals surface area contributed by atoms with Crippen LogP contribution in [0.3, 0.4) is 0 Å². The van der Waals surface area contributed by atoms with E-state index in [1.807, 2.05) is 24.4 Å². The molecule has 1 aromatic rings. The summed E-state index contributed by atoms with van der Waals surface area (Å²) in [5, 5.41) is 3.53. The van der Waals surface area contributed by atoms with Crippen LogP contribution in [0.1, 0.15) is 26.7 Å². The van der Waals surface area contributed by atoms with Gasteiger partial charge in [0.15, 0.2) is 6.21 Å². The molecule has 102 valence electrons. The fourth-order valence-corrected chi connectivity index (χ4v) is 3.07. The first-order valence-corrected chi connectivity index (χ1v) is 6.53. The Bertz CT molecular complexity index is 525. The maximum atomic E-state index is 12.2. The number of hydrogen-bond donors (Lipinski definition) is 2. The third kappa shape index (κ3) is 2.66. The van der Waals surface area contributed by atoms with Crippen LogP contribution >= 0.6 is 0 Å². The van der Waals surface area contributed by atoms with Gasteiger partial charge < -0.3 is 17.7 Å². The van der Waals surface area contributed by atoms with Crippen LogP contribution in [0, 0.1) is 11.3 Å². The molecule has 19 heavy (non-hydrogen) atoms. The van der Waals surface area contributed by atoms with E-state index in [4.69, 9.17) is 0 Å². The largest absolute Gasteiger partial charge is 1.00 e. The van der Waals surface area contributed by atoms with Gasteiger partial charge in [0, 0.05) is 18.5 Å². The summed E-state index contributed by atoms with van der Waals surface area (Å²) in [5.74, 6) is 0.314. The summed E-state index contributed by atoms with van der Waals surface area (Å²) in [6.45, 7) is 4.35. The predicted octanol–water partition coefficient (Wildman–Crippen LogP) is -1.73. The number of benzene rings is 1. The molecule has 1 aromatic carbocycles. The first kappa shape index (κ1) is 14.1. The highest BCUT2D eigenvalue weighted by atomic mass is 35.5. The molecule has 3 rings (SSSR count). The number of carbonyl (C=O) groups excluding carboxylic acids is 1. The smallest absolute Gasteiger partial charge is 0.226 e. The number of carbonyl (C=O) groups is 1. The molecule has 4 heteroatoms. The van der Waals surface area contributed by atoms with Gasteiger partial charge in [-0.3, -0.25) is 4.79 Å². The minimum absolute atomic E-state index is 0. The highest BCUT2D eigenvalue weighted by Gasteiger charge is 2.42. The van der Waals surface area contributed by atoms with E-state index < -0.39 is 0 Å². The number of hydrogen-bond acceptors (Lipinski definition) is 2. The number of para-hydroxylation sites is 2. The highest BCUT2D eigenvalue weighted by Crippen LogP contribution is 2.37. The molecule has 1 saturated carbocycles. The first-order chi connectivity index (χ1) is 8.55. The summed E-state index contributed by atoms with van der Waals surface area (Å²) in [5.41, 5.74) is 2.24. The third-order valence-electron chi connectivity index (χ3n) is 3.92. The Morgan fingerprint density at radius 3 is 2.84 bits per heavy atom. The molecule has 3 nitrogen and oxygen atoms in total. The molecule has 0 aromatic heterocycles. The minimum Gasteiger partial charge on any atom is -1.00 e. The molecule has 0 amide bonds. The van der Waals surface area contributed by atoms with Gasteiger partial charge in [0.25, 0.3) is 0 Å². The van der Waals surface area contributed by atoms with Crippen molar-refractivity contribution in [3.05, 3.63) is 24.3 Å². The van der Waals surface area contributed by atoms with Gasteiger partial charge in [-0.25, -0.2) is 4.99 Å². The van der Waals surface area contributed by atoms with Gasteiger partial charge in [0.1, 0.15) is 17.4 Å². The minimum atomic E-state index is -0.0228. The zero-order valence-electron chi connectivity index (χ0n) is 11.2. The zero-order valence-corrected chi connectivity index (χ0v) is 12.0. The summed E-state index contributed by atoms with van der Waals surface area (Å²) in [6, 6.07) is 8.32. The summed E-state index contributed by atoms with van der Waals surface area (Å²) >= 11 is 0. The van der Waals surface area contributed by atoms with E-state index in [-0.39, 0.29) is 29.8 Å². The SMILES string of the molecule is CC1(C)CC(=O)C2C=[NH+]c3ccccc3NC2C1.[Cl-]. The number of fused-ring (bicyclic) bond motifs is 2. The Morgan fingerprint density at radius 1 is 1.32 bits per heavy atom. The monoisotopic (exact) mass is 278 g/mol. The number of nitrogens with one attached hydrogen (secondary N) is 2. The van der Waals surface area contributed by atoms with Crippen molar-refractivity contribution in [1.82, 2.24) is 0 Å². The molecule has 1 heterocycles. The molecule has 0 spiro atoms. The number of halogens is 1. The second-order valence-electron chi connectivity index (χ2n) is 6.14. The molecule has 1 aliphatic carbocycles. The van der Waals surface area contributed by atoms with Gasteiger partial charge >= 0.3 is 0 Å². The molecule has 1 fully saturated rings. The van der Waals surface area contributed by atoms with Crippen LogP contribution in [-0.4, -0.2) is 18.0 Å².